The van der Waals surface area contributed by atoms with Crippen LogP contribution in [0.1, 0.15) is 48.7 Å². The first kappa shape index (κ1) is 11.6. The van der Waals surface area contributed by atoms with Crippen LogP contribution >= 0.6 is 11.3 Å². The summed E-state index contributed by atoms with van der Waals surface area (Å²) in [4.78, 5) is 15.6. The molecule has 1 heterocycles. The number of esters is 1. The smallest absolute Gasteiger partial charge is 0.305 e. The number of carbonyl (C=O) groups excluding carboxylic acids is 1. The molecule has 1 aliphatic carbocycles. The Bertz CT molecular complexity index is 358. The Morgan fingerprint density at radius 2 is 2.44 bits per heavy atom. The van der Waals surface area contributed by atoms with E-state index in [1.54, 1.807) is 11.3 Å². The van der Waals surface area contributed by atoms with E-state index in [0.717, 1.165) is 17.8 Å². The number of hydrogen-bond donors (Lipinski definition) is 0. The molecule has 3 nitrogen and oxygen atoms in total. The van der Waals surface area contributed by atoms with Gasteiger partial charge in [-0.25, -0.2) is 4.98 Å². The lowest BCUT2D eigenvalue weighted by molar-refractivity contribution is -0.140. The lowest BCUT2D eigenvalue weighted by atomic mass is 9.83. The molecule has 0 bridgehead atoms. The van der Waals surface area contributed by atoms with E-state index in [1.165, 1.54) is 32.1 Å². The fourth-order valence-corrected chi connectivity index (χ4v) is 2.74. The first-order valence-electron chi connectivity index (χ1n) is 5.80. The van der Waals surface area contributed by atoms with Crippen molar-refractivity contribution in [3.63, 3.8) is 0 Å². The van der Waals surface area contributed by atoms with Crippen molar-refractivity contribution in [2.75, 3.05) is 7.11 Å². The third-order valence-electron chi connectivity index (χ3n) is 3.09. The monoisotopic (exact) mass is 239 g/mol. The fraction of sp³-hybridized carbons (Fsp3) is 0.667. The Balaban J connectivity index is 1.76. The van der Waals surface area contributed by atoms with Crippen LogP contribution in [0.25, 0.3) is 0 Å². The van der Waals surface area contributed by atoms with Crippen LogP contribution in [0, 0.1) is 0 Å². The summed E-state index contributed by atoms with van der Waals surface area (Å²) in [5.41, 5.74) is 1.27. The van der Waals surface area contributed by atoms with E-state index in [-0.39, 0.29) is 5.97 Å². The van der Waals surface area contributed by atoms with E-state index in [2.05, 4.69) is 15.1 Å². The molecule has 2 rings (SSSR count). The van der Waals surface area contributed by atoms with Gasteiger partial charge in [0.05, 0.1) is 17.8 Å². The van der Waals surface area contributed by atoms with Crippen molar-refractivity contribution in [3.8, 4) is 0 Å². The van der Waals surface area contributed by atoms with Crippen LogP contribution in [-0.2, 0) is 16.0 Å². The Labute approximate surface area is 99.8 Å². The van der Waals surface area contributed by atoms with Gasteiger partial charge in [0.1, 0.15) is 0 Å². The second-order valence-corrected chi connectivity index (χ2v) is 5.17. The number of aromatic nitrogens is 1. The van der Waals surface area contributed by atoms with Gasteiger partial charge >= 0.3 is 5.97 Å². The number of thiazole rings is 1. The number of nitrogens with zero attached hydrogens (tertiary/aromatic N) is 1. The van der Waals surface area contributed by atoms with Gasteiger partial charge in [0.2, 0.25) is 0 Å². The van der Waals surface area contributed by atoms with E-state index >= 15 is 0 Å². The standard InChI is InChI=1S/C12H17NO2S/c1-15-12(14)7-3-6-11-13-10(8-16-11)9-4-2-5-9/h8-9H,2-7H2,1H3. The van der Waals surface area contributed by atoms with Crippen molar-refractivity contribution in [2.24, 2.45) is 0 Å². The normalized spacial score (nSPS) is 15.8. The predicted octanol–water partition coefficient (Wildman–Crippen LogP) is 2.91. The Hall–Kier alpha value is -0.900. The lowest BCUT2D eigenvalue weighted by Gasteiger charge is -2.22. The molecule has 0 radical (unpaired) electrons. The highest BCUT2D eigenvalue weighted by Gasteiger charge is 2.21. The summed E-state index contributed by atoms with van der Waals surface area (Å²) in [6, 6.07) is 0. The van der Waals surface area contributed by atoms with E-state index in [0.29, 0.717) is 12.3 Å². The Morgan fingerprint density at radius 1 is 1.62 bits per heavy atom. The molecule has 1 saturated carbocycles. The molecule has 1 aromatic heterocycles. The summed E-state index contributed by atoms with van der Waals surface area (Å²) in [5, 5.41) is 3.34. The summed E-state index contributed by atoms with van der Waals surface area (Å²) in [7, 11) is 1.43. The van der Waals surface area contributed by atoms with Crippen molar-refractivity contribution in [1.29, 1.82) is 0 Å². The molecule has 0 unspecified atom stereocenters. The lowest BCUT2D eigenvalue weighted by Crippen LogP contribution is -2.09. The minimum absolute atomic E-state index is 0.129. The average Bonchev–Trinajstić information content (AvgIpc) is 2.63. The van der Waals surface area contributed by atoms with Crippen LogP contribution in [0.3, 0.4) is 0 Å². The molecule has 0 amide bonds. The third-order valence-corrected chi connectivity index (χ3v) is 4.02. The summed E-state index contributed by atoms with van der Waals surface area (Å²) >= 11 is 1.72. The van der Waals surface area contributed by atoms with Crippen LogP contribution in [0.2, 0.25) is 0 Å². The van der Waals surface area contributed by atoms with Gasteiger partial charge in [-0.2, -0.15) is 0 Å². The van der Waals surface area contributed by atoms with Crippen molar-refractivity contribution in [3.05, 3.63) is 16.1 Å². The van der Waals surface area contributed by atoms with Crippen molar-refractivity contribution < 1.29 is 9.53 Å². The SMILES string of the molecule is COC(=O)CCCc1nc(C2CCC2)cs1. The molecule has 1 aromatic rings. The highest BCUT2D eigenvalue weighted by atomic mass is 32.1. The molecule has 0 atom stereocenters. The molecule has 1 aliphatic rings. The highest BCUT2D eigenvalue weighted by Crippen LogP contribution is 2.36. The Kier molecular flexibility index (Phi) is 3.93. The topological polar surface area (TPSA) is 39.2 Å². The molecular weight excluding hydrogens is 222 g/mol. The van der Waals surface area contributed by atoms with E-state index in [1.807, 2.05) is 0 Å². The maximum atomic E-state index is 10.9. The predicted molar refractivity (Wildman–Crippen MR) is 63.7 cm³/mol. The van der Waals surface area contributed by atoms with Crippen molar-refractivity contribution in [2.45, 2.75) is 44.4 Å². The maximum Gasteiger partial charge on any atom is 0.305 e. The summed E-state index contributed by atoms with van der Waals surface area (Å²) in [6.45, 7) is 0. The van der Waals surface area contributed by atoms with Gasteiger partial charge in [-0.3, -0.25) is 4.79 Å². The van der Waals surface area contributed by atoms with E-state index < -0.39 is 0 Å². The van der Waals surface area contributed by atoms with E-state index in [4.69, 9.17) is 0 Å². The van der Waals surface area contributed by atoms with Crippen LogP contribution in [-0.4, -0.2) is 18.1 Å². The van der Waals surface area contributed by atoms with Gasteiger partial charge in [-0.1, -0.05) is 6.42 Å². The molecule has 0 aliphatic heterocycles. The zero-order chi connectivity index (χ0) is 11.4. The van der Waals surface area contributed by atoms with Gasteiger partial charge in [0.15, 0.2) is 0 Å². The van der Waals surface area contributed by atoms with Gasteiger partial charge in [-0.15, -0.1) is 11.3 Å². The molecule has 0 aromatic carbocycles. The molecular formula is C12H17NO2S. The number of rotatable bonds is 5. The van der Waals surface area contributed by atoms with Gasteiger partial charge in [0, 0.05) is 17.7 Å². The summed E-state index contributed by atoms with van der Waals surface area (Å²) in [6.07, 6.45) is 6.17. The van der Waals surface area contributed by atoms with Gasteiger partial charge < -0.3 is 4.74 Å². The summed E-state index contributed by atoms with van der Waals surface area (Å²) in [5.74, 6) is 0.585. The Morgan fingerprint density at radius 3 is 3.06 bits per heavy atom. The zero-order valence-electron chi connectivity index (χ0n) is 9.57. The van der Waals surface area contributed by atoms with Crippen LogP contribution in [0.15, 0.2) is 5.38 Å². The average molecular weight is 239 g/mol. The van der Waals surface area contributed by atoms with Crippen LogP contribution in [0.4, 0.5) is 0 Å². The van der Waals surface area contributed by atoms with Crippen molar-refractivity contribution >= 4 is 17.3 Å². The molecule has 1 fully saturated rings. The minimum Gasteiger partial charge on any atom is -0.469 e. The first-order valence-corrected chi connectivity index (χ1v) is 6.68. The molecule has 0 spiro atoms. The number of carbonyl (C=O) groups is 1. The number of ether oxygens (including phenoxy) is 1. The summed E-state index contributed by atoms with van der Waals surface area (Å²) < 4.78 is 4.60. The quantitative estimate of drug-likeness (QED) is 0.742. The molecule has 0 saturated heterocycles. The largest absolute Gasteiger partial charge is 0.469 e. The highest BCUT2D eigenvalue weighted by molar-refractivity contribution is 7.09. The van der Waals surface area contributed by atoms with Gasteiger partial charge in [0.25, 0.3) is 0 Å². The second kappa shape index (κ2) is 5.43. The fourth-order valence-electron chi connectivity index (χ4n) is 1.82. The molecule has 0 N–H and O–H groups in total. The third kappa shape index (κ3) is 2.82. The second-order valence-electron chi connectivity index (χ2n) is 4.22. The van der Waals surface area contributed by atoms with E-state index in [9.17, 15) is 4.79 Å². The molecule has 4 heteroatoms. The zero-order valence-corrected chi connectivity index (χ0v) is 10.4. The number of aryl methyl sites for hydroxylation is 1. The molecule has 88 valence electrons. The van der Waals surface area contributed by atoms with Crippen molar-refractivity contribution in [1.82, 2.24) is 4.98 Å². The number of methoxy groups -OCH3 is 1. The molecule has 16 heavy (non-hydrogen) atoms. The van der Waals surface area contributed by atoms with Crippen LogP contribution < -0.4 is 0 Å². The minimum atomic E-state index is -0.129. The number of hydrogen-bond acceptors (Lipinski definition) is 4. The van der Waals surface area contributed by atoms with Gasteiger partial charge in [-0.05, 0) is 25.7 Å². The first-order chi connectivity index (χ1) is 7.79. The maximum absolute atomic E-state index is 10.9. The van der Waals surface area contributed by atoms with Crippen LogP contribution in [0.5, 0.6) is 0 Å².